The van der Waals surface area contributed by atoms with Gasteiger partial charge in [-0.3, -0.25) is 15.0 Å². The summed E-state index contributed by atoms with van der Waals surface area (Å²) in [6.07, 6.45) is 4.45. The fraction of sp³-hybridized carbons (Fsp3) is 0.692. The molecule has 1 fully saturated rings. The number of nitrogens with zero attached hydrogens (tertiary/aromatic N) is 1. The third kappa shape index (κ3) is 6.35. The summed E-state index contributed by atoms with van der Waals surface area (Å²) in [5.41, 5.74) is 0. The molecule has 108 valence electrons. The highest BCUT2D eigenvalue weighted by atomic mass is 16.3. The lowest BCUT2D eigenvalue weighted by molar-refractivity contribution is -0.121. The molecule has 0 aromatic carbocycles. The lowest BCUT2D eigenvalue weighted by Crippen LogP contribution is -2.46. The lowest BCUT2D eigenvalue weighted by Gasteiger charge is -2.31. The van der Waals surface area contributed by atoms with Gasteiger partial charge in [0.25, 0.3) is 0 Å². The Labute approximate surface area is 113 Å². The molecule has 1 unspecified atom stereocenters. The van der Waals surface area contributed by atoms with E-state index < -0.39 is 6.03 Å². The minimum Gasteiger partial charge on any atom is -0.396 e. The summed E-state index contributed by atoms with van der Waals surface area (Å²) in [6.45, 7) is 5.90. The second kappa shape index (κ2) is 8.66. The number of rotatable bonds is 6. The van der Waals surface area contributed by atoms with Crippen LogP contribution in [0.4, 0.5) is 4.79 Å². The average molecular weight is 269 g/mol. The minimum atomic E-state index is -0.492. The van der Waals surface area contributed by atoms with Gasteiger partial charge in [0.05, 0.1) is 6.54 Å². The first-order valence-electron chi connectivity index (χ1n) is 6.67. The first kappa shape index (κ1) is 15.7. The van der Waals surface area contributed by atoms with Crippen molar-refractivity contribution in [2.24, 2.45) is 5.92 Å². The number of amides is 3. The van der Waals surface area contributed by atoms with E-state index >= 15 is 0 Å². The fourth-order valence-electron chi connectivity index (χ4n) is 2.29. The summed E-state index contributed by atoms with van der Waals surface area (Å²) in [5.74, 6) is 0.146. The van der Waals surface area contributed by atoms with E-state index in [2.05, 4.69) is 17.2 Å². The molecule has 0 aromatic heterocycles. The minimum absolute atomic E-state index is 0.189. The molecule has 0 aromatic rings. The van der Waals surface area contributed by atoms with Crippen molar-refractivity contribution in [2.75, 3.05) is 32.8 Å². The van der Waals surface area contributed by atoms with Gasteiger partial charge in [-0.15, -0.1) is 6.58 Å². The molecule has 0 radical (unpaired) electrons. The summed E-state index contributed by atoms with van der Waals surface area (Å²) in [6, 6.07) is -0.492. The van der Waals surface area contributed by atoms with Crippen molar-refractivity contribution < 1.29 is 14.7 Å². The number of carbonyl (C=O) groups excluding carboxylic acids is 2. The van der Waals surface area contributed by atoms with E-state index in [1.165, 1.54) is 0 Å². The molecule has 19 heavy (non-hydrogen) atoms. The molecule has 6 heteroatoms. The Hall–Kier alpha value is -1.40. The molecule has 1 atom stereocenters. The SMILES string of the molecule is C=CCNC(=O)NC(=O)CN1CCCC(CCO)C1. The average Bonchev–Trinajstić information content (AvgIpc) is 2.37. The molecule has 3 N–H and O–H groups in total. The summed E-state index contributed by atoms with van der Waals surface area (Å²) >= 11 is 0. The Morgan fingerprint density at radius 1 is 1.47 bits per heavy atom. The highest BCUT2D eigenvalue weighted by Crippen LogP contribution is 2.18. The number of imide groups is 1. The number of hydrogen-bond acceptors (Lipinski definition) is 4. The molecule has 1 aliphatic heterocycles. The van der Waals surface area contributed by atoms with Crippen LogP contribution in [0.5, 0.6) is 0 Å². The van der Waals surface area contributed by atoms with Gasteiger partial charge < -0.3 is 10.4 Å². The molecule has 0 bridgehead atoms. The van der Waals surface area contributed by atoms with E-state index in [1.807, 2.05) is 4.90 Å². The van der Waals surface area contributed by atoms with Crippen LogP contribution in [0.25, 0.3) is 0 Å². The van der Waals surface area contributed by atoms with Crippen molar-refractivity contribution in [3.8, 4) is 0 Å². The van der Waals surface area contributed by atoms with Gasteiger partial charge in [-0.1, -0.05) is 6.08 Å². The van der Waals surface area contributed by atoms with E-state index in [0.717, 1.165) is 32.4 Å². The zero-order valence-electron chi connectivity index (χ0n) is 11.2. The summed E-state index contributed by atoms with van der Waals surface area (Å²) < 4.78 is 0. The van der Waals surface area contributed by atoms with E-state index in [0.29, 0.717) is 12.5 Å². The zero-order valence-corrected chi connectivity index (χ0v) is 11.2. The molecule has 0 saturated carbocycles. The van der Waals surface area contributed by atoms with Gasteiger partial charge in [0, 0.05) is 19.7 Å². The highest BCUT2D eigenvalue weighted by molar-refractivity contribution is 5.95. The predicted molar refractivity (Wildman–Crippen MR) is 72.6 cm³/mol. The fourth-order valence-corrected chi connectivity index (χ4v) is 2.29. The normalized spacial score (nSPS) is 19.7. The Bertz CT molecular complexity index is 318. The zero-order chi connectivity index (χ0) is 14.1. The largest absolute Gasteiger partial charge is 0.396 e. The topological polar surface area (TPSA) is 81.7 Å². The molecule has 1 rings (SSSR count). The van der Waals surface area contributed by atoms with Gasteiger partial charge >= 0.3 is 6.03 Å². The summed E-state index contributed by atoms with van der Waals surface area (Å²) in [5, 5.41) is 13.7. The van der Waals surface area contributed by atoms with Crippen LogP contribution in [-0.2, 0) is 4.79 Å². The molecule has 3 amide bonds. The van der Waals surface area contributed by atoms with Crippen LogP contribution in [0.3, 0.4) is 0 Å². The van der Waals surface area contributed by atoms with Gasteiger partial charge in [0.1, 0.15) is 0 Å². The second-order valence-corrected chi connectivity index (χ2v) is 4.80. The monoisotopic (exact) mass is 269 g/mol. The first-order valence-corrected chi connectivity index (χ1v) is 6.67. The maximum absolute atomic E-state index is 11.7. The molecule has 6 nitrogen and oxygen atoms in total. The number of likely N-dealkylation sites (tertiary alicyclic amines) is 1. The Balaban J connectivity index is 2.27. The smallest absolute Gasteiger partial charge is 0.321 e. The number of aliphatic hydroxyl groups excluding tert-OH is 1. The van der Waals surface area contributed by atoms with Gasteiger partial charge in [0.2, 0.25) is 5.91 Å². The molecular formula is C13H23N3O3. The second-order valence-electron chi connectivity index (χ2n) is 4.80. The standard InChI is InChI=1S/C13H23N3O3/c1-2-6-14-13(19)15-12(18)10-16-7-3-4-11(9-16)5-8-17/h2,11,17H,1,3-10H2,(H2,14,15,18,19). The van der Waals surface area contributed by atoms with Crippen molar-refractivity contribution in [1.29, 1.82) is 0 Å². The Morgan fingerprint density at radius 2 is 2.26 bits per heavy atom. The van der Waals surface area contributed by atoms with Crippen LogP contribution in [0.2, 0.25) is 0 Å². The molecule has 0 spiro atoms. The van der Waals surface area contributed by atoms with E-state index in [4.69, 9.17) is 5.11 Å². The van der Waals surface area contributed by atoms with E-state index in [9.17, 15) is 9.59 Å². The number of urea groups is 1. The van der Waals surface area contributed by atoms with Crippen LogP contribution in [0.1, 0.15) is 19.3 Å². The van der Waals surface area contributed by atoms with Gasteiger partial charge in [0.15, 0.2) is 0 Å². The molecule has 1 saturated heterocycles. The predicted octanol–water partition coefficient (Wildman–Crippen LogP) is 0.0926. The van der Waals surface area contributed by atoms with Crippen molar-refractivity contribution in [1.82, 2.24) is 15.5 Å². The van der Waals surface area contributed by atoms with Crippen LogP contribution in [0.15, 0.2) is 12.7 Å². The Morgan fingerprint density at radius 3 is 2.95 bits per heavy atom. The third-order valence-electron chi connectivity index (χ3n) is 3.17. The number of aliphatic hydroxyl groups is 1. The van der Waals surface area contributed by atoms with Gasteiger partial charge in [-0.25, -0.2) is 4.79 Å². The van der Waals surface area contributed by atoms with E-state index in [-0.39, 0.29) is 19.1 Å². The summed E-state index contributed by atoms with van der Waals surface area (Å²) in [4.78, 5) is 25.0. The van der Waals surface area contributed by atoms with Crippen molar-refractivity contribution in [2.45, 2.75) is 19.3 Å². The quantitative estimate of drug-likeness (QED) is 0.597. The lowest BCUT2D eigenvalue weighted by atomic mass is 9.95. The molecule has 0 aliphatic carbocycles. The van der Waals surface area contributed by atoms with Crippen molar-refractivity contribution in [3.63, 3.8) is 0 Å². The molecular weight excluding hydrogens is 246 g/mol. The van der Waals surface area contributed by atoms with Gasteiger partial charge in [-0.05, 0) is 31.7 Å². The number of piperidine rings is 1. The third-order valence-corrected chi connectivity index (χ3v) is 3.17. The van der Waals surface area contributed by atoms with Crippen LogP contribution < -0.4 is 10.6 Å². The number of carbonyl (C=O) groups is 2. The van der Waals surface area contributed by atoms with E-state index in [1.54, 1.807) is 6.08 Å². The van der Waals surface area contributed by atoms with Crippen LogP contribution >= 0.6 is 0 Å². The van der Waals surface area contributed by atoms with Crippen LogP contribution in [-0.4, -0.2) is 54.7 Å². The molecule has 1 aliphatic rings. The van der Waals surface area contributed by atoms with Crippen LogP contribution in [0, 0.1) is 5.92 Å². The number of nitrogens with one attached hydrogen (secondary N) is 2. The van der Waals surface area contributed by atoms with Crippen molar-refractivity contribution in [3.05, 3.63) is 12.7 Å². The van der Waals surface area contributed by atoms with Crippen molar-refractivity contribution >= 4 is 11.9 Å². The first-order chi connectivity index (χ1) is 9.15. The Kier molecular flexibility index (Phi) is 7.14. The maximum Gasteiger partial charge on any atom is 0.321 e. The number of hydrogen-bond donors (Lipinski definition) is 3. The molecule has 1 heterocycles. The summed E-state index contributed by atoms with van der Waals surface area (Å²) in [7, 11) is 0. The highest BCUT2D eigenvalue weighted by Gasteiger charge is 2.21. The maximum atomic E-state index is 11.7. The van der Waals surface area contributed by atoms with Gasteiger partial charge in [-0.2, -0.15) is 0 Å².